The fraction of sp³-hybridized carbons (Fsp3) is 0.917. The van der Waals surface area contributed by atoms with Crippen molar-refractivity contribution in [1.29, 1.82) is 0 Å². The van der Waals surface area contributed by atoms with E-state index in [1.54, 1.807) is 7.11 Å². The molecule has 0 heterocycles. The van der Waals surface area contributed by atoms with E-state index in [1.165, 1.54) is 0 Å². The van der Waals surface area contributed by atoms with Crippen molar-refractivity contribution in [2.45, 2.75) is 26.3 Å². The number of methoxy groups -OCH3 is 1. The van der Waals surface area contributed by atoms with Gasteiger partial charge in [-0.1, -0.05) is 0 Å². The first kappa shape index (κ1) is 20.2. The summed E-state index contributed by atoms with van der Waals surface area (Å²) in [6, 6.07) is 0.270. The molecule has 0 fully saturated rings. The molecule has 0 aliphatic carbocycles. The van der Waals surface area contributed by atoms with Gasteiger partial charge >= 0.3 is 0 Å². The molecule has 0 amide bonds. The molecule has 1 unspecified atom stereocenters. The van der Waals surface area contributed by atoms with Gasteiger partial charge < -0.3 is 20.3 Å². The minimum Gasteiger partial charge on any atom is -0.383 e. The van der Waals surface area contributed by atoms with Crippen LogP contribution in [0.25, 0.3) is 0 Å². The molecule has 0 aromatic heterocycles. The predicted octanol–water partition coefficient (Wildman–Crippen LogP) is 1.15. The molecule has 2 N–H and O–H groups in total. The summed E-state index contributed by atoms with van der Waals surface area (Å²) in [5.41, 5.74) is 0. The SMILES string of the molecule is CCNC(=NCCCN(C)C)NC(C)COC.I. The van der Waals surface area contributed by atoms with Crippen LogP contribution in [-0.4, -0.2) is 64.3 Å². The topological polar surface area (TPSA) is 48.9 Å². The van der Waals surface area contributed by atoms with Gasteiger partial charge in [0.05, 0.1) is 6.61 Å². The first-order valence-electron chi connectivity index (χ1n) is 6.28. The van der Waals surface area contributed by atoms with Crippen LogP contribution in [0.15, 0.2) is 4.99 Å². The highest BCUT2D eigenvalue weighted by molar-refractivity contribution is 14.0. The van der Waals surface area contributed by atoms with Crippen LogP contribution in [0.4, 0.5) is 0 Å². The number of halogens is 1. The Morgan fingerprint density at radius 1 is 1.39 bits per heavy atom. The van der Waals surface area contributed by atoms with Crippen molar-refractivity contribution in [3.05, 3.63) is 0 Å². The molecule has 0 aromatic rings. The number of hydrogen-bond acceptors (Lipinski definition) is 3. The van der Waals surface area contributed by atoms with Gasteiger partial charge in [0.25, 0.3) is 0 Å². The van der Waals surface area contributed by atoms with Crippen molar-refractivity contribution >= 4 is 29.9 Å². The van der Waals surface area contributed by atoms with Crippen molar-refractivity contribution in [1.82, 2.24) is 15.5 Å². The minimum absolute atomic E-state index is 0. The van der Waals surface area contributed by atoms with Gasteiger partial charge in [0.15, 0.2) is 5.96 Å². The fourth-order valence-electron chi connectivity index (χ4n) is 1.42. The van der Waals surface area contributed by atoms with Crippen molar-refractivity contribution < 1.29 is 4.74 Å². The number of rotatable bonds is 8. The summed E-state index contributed by atoms with van der Waals surface area (Å²) >= 11 is 0. The summed E-state index contributed by atoms with van der Waals surface area (Å²) in [7, 11) is 5.86. The van der Waals surface area contributed by atoms with Crippen LogP contribution < -0.4 is 10.6 Å². The molecule has 18 heavy (non-hydrogen) atoms. The average molecular weight is 372 g/mol. The summed E-state index contributed by atoms with van der Waals surface area (Å²) in [6.07, 6.45) is 1.07. The second kappa shape index (κ2) is 13.4. The van der Waals surface area contributed by atoms with Crippen LogP contribution >= 0.6 is 24.0 Å². The quantitative estimate of drug-likeness (QED) is 0.291. The summed E-state index contributed by atoms with van der Waals surface area (Å²) < 4.78 is 5.09. The predicted molar refractivity (Wildman–Crippen MR) is 89.0 cm³/mol. The zero-order chi connectivity index (χ0) is 13.1. The zero-order valence-electron chi connectivity index (χ0n) is 12.3. The van der Waals surface area contributed by atoms with Crippen LogP contribution in [0.2, 0.25) is 0 Å². The molecule has 0 aliphatic heterocycles. The number of nitrogens with zero attached hydrogens (tertiary/aromatic N) is 2. The smallest absolute Gasteiger partial charge is 0.191 e. The van der Waals surface area contributed by atoms with Crippen molar-refractivity contribution in [3.8, 4) is 0 Å². The lowest BCUT2D eigenvalue weighted by Crippen LogP contribution is -2.44. The van der Waals surface area contributed by atoms with Crippen LogP contribution in [0.3, 0.4) is 0 Å². The van der Waals surface area contributed by atoms with E-state index in [0.717, 1.165) is 32.0 Å². The van der Waals surface area contributed by atoms with Gasteiger partial charge in [-0.15, -0.1) is 24.0 Å². The van der Waals surface area contributed by atoms with Crippen molar-refractivity contribution in [2.75, 3.05) is 47.4 Å². The molecule has 5 nitrogen and oxygen atoms in total. The molecule has 0 rings (SSSR count). The van der Waals surface area contributed by atoms with Gasteiger partial charge in [0, 0.05) is 26.2 Å². The molecular formula is C12H29IN4O. The molecule has 0 spiro atoms. The lowest BCUT2D eigenvalue weighted by Gasteiger charge is -2.17. The van der Waals surface area contributed by atoms with E-state index in [1.807, 2.05) is 0 Å². The Hall–Kier alpha value is -0.0800. The van der Waals surface area contributed by atoms with E-state index in [2.05, 4.69) is 48.5 Å². The summed E-state index contributed by atoms with van der Waals surface area (Å²) in [5, 5.41) is 6.54. The molecular weight excluding hydrogens is 343 g/mol. The number of ether oxygens (including phenoxy) is 1. The van der Waals surface area contributed by atoms with Gasteiger partial charge in [-0.3, -0.25) is 4.99 Å². The third kappa shape index (κ3) is 12.4. The first-order valence-corrected chi connectivity index (χ1v) is 6.28. The molecule has 0 saturated carbocycles. The molecule has 0 radical (unpaired) electrons. The summed E-state index contributed by atoms with van der Waals surface area (Å²) in [5.74, 6) is 0.871. The molecule has 6 heteroatoms. The molecule has 110 valence electrons. The Labute approximate surface area is 129 Å². The number of nitrogens with one attached hydrogen (secondary N) is 2. The van der Waals surface area contributed by atoms with E-state index in [9.17, 15) is 0 Å². The Morgan fingerprint density at radius 2 is 2.06 bits per heavy atom. The van der Waals surface area contributed by atoms with Gasteiger partial charge in [-0.2, -0.15) is 0 Å². The average Bonchev–Trinajstić information content (AvgIpc) is 2.24. The zero-order valence-corrected chi connectivity index (χ0v) is 14.7. The van der Waals surface area contributed by atoms with E-state index >= 15 is 0 Å². The largest absolute Gasteiger partial charge is 0.383 e. The minimum atomic E-state index is 0. The molecule has 0 aliphatic rings. The monoisotopic (exact) mass is 372 g/mol. The second-order valence-electron chi connectivity index (χ2n) is 4.42. The second-order valence-corrected chi connectivity index (χ2v) is 4.42. The molecule has 0 aromatic carbocycles. The van der Waals surface area contributed by atoms with Crippen LogP contribution in [0.5, 0.6) is 0 Å². The highest BCUT2D eigenvalue weighted by atomic mass is 127. The van der Waals surface area contributed by atoms with Crippen LogP contribution in [0, 0.1) is 0 Å². The fourth-order valence-corrected chi connectivity index (χ4v) is 1.42. The molecule has 1 atom stereocenters. The molecule has 0 saturated heterocycles. The number of guanidine groups is 1. The summed E-state index contributed by atoms with van der Waals surface area (Å²) in [4.78, 5) is 6.69. The van der Waals surface area contributed by atoms with E-state index in [4.69, 9.17) is 4.74 Å². The maximum Gasteiger partial charge on any atom is 0.191 e. The Kier molecular flexibility index (Phi) is 15.0. The van der Waals surface area contributed by atoms with E-state index in [-0.39, 0.29) is 30.0 Å². The Morgan fingerprint density at radius 3 is 2.56 bits per heavy atom. The lowest BCUT2D eigenvalue weighted by atomic mass is 10.4. The van der Waals surface area contributed by atoms with E-state index in [0.29, 0.717) is 6.61 Å². The van der Waals surface area contributed by atoms with Crippen molar-refractivity contribution in [3.63, 3.8) is 0 Å². The standard InChI is InChI=1S/C12H28N4O.HI/c1-6-13-12(15-11(2)10-17-5)14-8-7-9-16(3)4;/h11H,6-10H2,1-5H3,(H2,13,14,15);1H. The first-order chi connectivity index (χ1) is 8.10. The van der Waals surface area contributed by atoms with Gasteiger partial charge in [-0.05, 0) is 40.9 Å². The third-order valence-electron chi connectivity index (χ3n) is 2.18. The van der Waals surface area contributed by atoms with Gasteiger partial charge in [0.1, 0.15) is 0 Å². The highest BCUT2D eigenvalue weighted by Crippen LogP contribution is 1.87. The summed E-state index contributed by atoms with van der Waals surface area (Å²) in [6.45, 7) is 7.61. The maximum atomic E-state index is 5.09. The van der Waals surface area contributed by atoms with Crippen LogP contribution in [-0.2, 0) is 4.74 Å². The Balaban J connectivity index is 0. The number of hydrogen-bond donors (Lipinski definition) is 2. The van der Waals surface area contributed by atoms with Crippen LogP contribution in [0.1, 0.15) is 20.3 Å². The normalized spacial score (nSPS) is 13.1. The van der Waals surface area contributed by atoms with Crippen molar-refractivity contribution in [2.24, 2.45) is 4.99 Å². The van der Waals surface area contributed by atoms with E-state index < -0.39 is 0 Å². The maximum absolute atomic E-state index is 5.09. The Bertz CT molecular complexity index is 212. The molecule has 0 bridgehead atoms. The lowest BCUT2D eigenvalue weighted by molar-refractivity contribution is 0.179. The third-order valence-corrected chi connectivity index (χ3v) is 2.18. The van der Waals surface area contributed by atoms with Gasteiger partial charge in [0.2, 0.25) is 0 Å². The highest BCUT2D eigenvalue weighted by Gasteiger charge is 2.03. The number of aliphatic imine (C=N–C) groups is 1. The van der Waals surface area contributed by atoms with Gasteiger partial charge in [-0.25, -0.2) is 0 Å².